The largest absolute Gasteiger partial charge is 0.535 e. The third-order valence-corrected chi connectivity index (χ3v) is 0.204. The molecule has 0 atom stereocenters. The summed E-state index contributed by atoms with van der Waals surface area (Å²) >= 11 is 0. The number of hydrogen-bond acceptors (Lipinski definition) is 0. The zero-order valence-electron chi connectivity index (χ0n) is 3.36. The zero-order chi connectivity index (χ0) is 3.41. The van der Waals surface area contributed by atoms with Crippen LogP contribution < -0.4 is 0 Å². The molecule has 0 aromatic rings. The fourth-order valence-corrected chi connectivity index (χ4v) is 0. The summed E-state index contributed by atoms with van der Waals surface area (Å²) in [5.74, 6) is 0. The number of allylic oxidation sites excluding steroid dienone is 2. The van der Waals surface area contributed by atoms with Crippen molar-refractivity contribution in [3.05, 3.63) is 19.1 Å². The van der Waals surface area contributed by atoms with Crippen LogP contribution in [0.3, 0.4) is 0 Å². The fraction of sp³-hybridized carbons (Fsp3) is 0.250. The van der Waals surface area contributed by atoms with Crippen molar-refractivity contribution in [3.8, 4) is 0 Å². The maximum absolute atomic E-state index is 3.37. The van der Waals surface area contributed by atoms with Crippen LogP contribution in [0.15, 0.2) is 6.08 Å². The molecule has 0 aliphatic heterocycles. The summed E-state index contributed by atoms with van der Waals surface area (Å²) in [7, 11) is 0. The average molecular weight is 143 g/mol. The van der Waals surface area contributed by atoms with Crippen molar-refractivity contribution in [2.45, 2.75) is 6.92 Å². The Morgan fingerprint density at radius 2 is 2.00 bits per heavy atom. The molecular weight excluding hydrogens is 137 g/mol. The second-order valence-electron chi connectivity index (χ2n) is 0.493. The minimum Gasteiger partial charge on any atom is -0.535 e. The van der Waals surface area contributed by atoms with Gasteiger partial charge >= 0.3 is 0 Å². The Morgan fingerprint density at radius 1 is 1.80 bits per heavy atom. The fourth-order valence-electron chi connectivity index (χ4n) is 0. The van der Waals surface area contributed by atoms with E-state index < -0.39 is 0 Å². The zero-order valence-corrected chi connectivity index (χ0v) is 6.20. The van der Waals surface area contributed by atoms with Crippen LogP contribution in [-0.2, 0) is 32.7 Å². The Labute approximate surface area is 58.5 Å². The molecule has 0 saturated carbocycles. The van der Waals surface area contributed by atoms with Crippen LogP contribution in [0.4, 0.5) is 0 Å². The summed E-state index contributed by atoms with van der Waals surface area (Å²) in [6, 6.07) is 0. The Morgan fingerprint density at radius 3 is 2.00 bits per heavy atom. The third kappa shape index (κ3) is 11.8. The van der Waals surface area contributed by atoms with Gasteiger partial charge in [0, 0.05) is 32.7 Å². The summed E-state index contributed by atoms with van der Waals surface area (Å²) < 4.78 is 0. The molecule has 0 spiro atoms. The molecule has 0 bridgehead atoms. The summed E-state index contributed by atoms with van der Waals surface area (Å²) in [4.78, 5) is 0. The minimum atomic E-state index is 0. The molecule has 0 aromatic heterocycles. The van der Waals surface area contributed by atoms with Crippen molar-refractivity contribution in [2.75, 3.05) is 0 Å². The Bertz CT molecular complexity index is 18.8. The van der Waals surface area contributed by atoms with Gasteiger partial charge in [0.2, 0.25) is 0 Å². The van der Waals surface area contributed by atoms with E-state index >= 15 is 0 Å². The Hall–Kier alpha value is 0.714. The van der Waals surface area contributed by atoms with Crippen molar-refractivity contribution in [1.82, 2.24) is 0 Å². The first-order chi connectivity index (χ1) is 1.91. The molecule has 27 valence electrons. The SMILES string of the molecule is [CH2-]C=[C-]C.[Y]. The molecule has 0 fully saturated rings. The van der Waals surface area contributed by atoms with Gasteiger partial charge in [-0.1, -0.05) is 0 Å². The Kier molecular flexibility index (Phi) is 16.3. The second-order valence-corrected chi connectivity index (χ2v) is 0.493. The van der Waals surface area contributed by atoms with Crippen LogP contribution in [0.1, 0.15) is 6.92 Å². The van der Waals surface area contributed by atoms with Gasteiger partial charge in [-0.15, -0.1) is 0 Å². The van der Waals surface area contributed by atoms with Gasteiger partial charge < -0.3 is 19.1 Å². The second kappa shape index (κ2) is 8.83. The minimum absolute atomic E-state index is 0. The first-order valence-electron chi connectivity index (χ1n) is 1.20. The van der Waals surface area contributed by atoms with Crippen LogP contribution >= 0.6 is 0 Å². The molecule has 5 heavy (non-hydrogen) atoms. The van der Waals surface area contributed by atoms with Gasteiger partial charge in [0.15, 0.2) is 0 Å². The van der Waals surface area contributed by atoms with Gasteiger partial charge in [-0.3, -0.25) is 0 Å². The van der Waals surface area contributed by atoms with Crippen molar-refractivity contribution in [1.29, 1.82) is 0 Å². The van der Waals surface area contributed by atoms with E-state index in [9.17, 15) is 0 Å². The molecule has 0 heterocycles. The van der Waals surface area contributed by atoms with E-state index in [-0.39, 0.29) is 32.7 Å². The molecule has 0 rings (SSSR count). The van der Waals surface area contributed by atoms with Crippen LogP contribution in [0.2, 0.25) is 0 Å². The van der Waals surface area contributed by atoms with Crippen molar-refractivity contribution >= 4 is 0 Å². The third-order valence-electron chi connectivity index (χ3n) is 0.204. The molecule has 1 radical (unpaired) electrons. The first kappa shape index (κ1) is 9.21. The normalized spacial score (nSPS) is 7.40. The monoisotopic (exact) mass is 143 g/mol. The van der Waals surface area contributed by atoms with E-state index in [1.165, 1.54) is 0 Å². The van der Waals surface area contributed by atoms with E-state index in [1.54, 1.807) is 6.08 Å². The Balaban J connectivity index is 0. The quantitative estimate of drug-likeness (QED) is 0.447. The average Bonchev–Trinajstić information content (AvgIpc) is 1.37. The summed E-state index contributed by atoms with van der Waals surface area (Å²) in [5.41, 5.74) is 0. The van der Waals surface area contributed by atoms with E-state index in [4.69, 9.17) is 0 Å². The summed E-state index contributed by atoms with van der Waals surface area (Å²) in [6.45, 7) is 5.18. The molecule has 1 heteroatoms. The summed E-state index contributed by atoms with van der Waals surface area (Å²) in [6.07, 6.45) is 4.32. The van der Waals surface area contributed by atoms with E-state index in [1.807, 2.05) is 6.92 Å². The van der Waals surface area contributed by atoms with Crippen molar-refractivity contribution in [2.24, 2.45) is 0 Å². The molecule has 0 saturated heterocycles. The molecule has 0 aliphatic carbocycles. The maximum atomic E-state index is 3.37. The van der Waals surface area contributed by atoms with Gasteiger partial charge in [0.25, 0.3) is 0 Å². The topological polar surface area (TPSA) is 0 Å². The molecule has 0 unspecified atom stereocenters. The summed E-state index contributed by atoms with van der Waals surface area (Å²) in [5, 5.41) is 0. The van der Waals surface area contributed by atoms with Crippen molar-refractivity contribution in [3.63, 3.8) is 0 Å². The van der Waals surface area contributed by atoms with Crippen LogP contribution in [0, 0.1) is 13.0 Å². The van der Waals surface area contributed by atoms with E-state index in [0.29, 0.717) is 0 Å². The van der Waals surface area contributed by atoms with Crippen LogP contribution in [-0.4, -0.2) is 0 Å². The molecule has 0 aromatic carbocycles. The smallest absolute Gasteiger partial charge is 0 e. The molecular formula is C4H6Y-2. The van der Waals surface area contributed by atoms with Gasteiger partial charge in [-0.05, 0) is 0 Å². The van der Waals surface area contributed by atoms with Gasteiger partial charge in [0.1, 0.15) is 0 Å². The molecule has 0 amide bonds. The van der Waals surface area contributed by atoms with Crippen molar-refractivity contribution < 1.29 is 32.7 Å². The van der Waals surface area contributed by atoms with E-state index in [2.05, 4.69) is 13.0 Å². The number of rotatable bonds is 0. The molecule has 0 N–H and O–H groups in total. The van der Waals surface area contributed by atoms with E-state index in [0.717, 1.165) is 0 Å². The number of hydrogen-bond donors (Lipinski definition) is 0. The predicted octanol–water partition coefficient (Wildman–Crippen LogP) is 1.20. The van der Waals surface area contributed by atoms with Crippen LogP contribution in [0.25, 0.3) is 0 Å². The van der Waals surface area contributed by atoms with Crippen LogP contribution in [0.5, 0.6) is 0 Å². The molecule has 0 nitrogen and oxygen atoms in total. The molecule has 0 aliphatic rings. The first-order valence-corrected chi connectivity index (χ1v) is 1.20. The van der Waals surface area contributed by atoms with Gasteiger partial charge in [-0.2, -0.15) is 0 Å². The van der Waals surface area contributed by atoms with Gasteiger partial charge in [0.05, 0.1) is 0 Å². The van der Waals surface area contributed by atoms with Gasteiger partial charge in [-0.25, -0.2) is 6.92 Å². The standard InChI is InChI=1S/C4H6.Y/c1-3-4-2;/h3H,1H2,2H3;/q-2;. The predicted molar refractivity (Wildman–Crippen MR) is 18.8 cm³/mol. The maximum Gasteiger partial charge on any atom is 0 e.